The molecule has 2 heterocycles. The molecule has 13 rings (SSSR count). The second-order valence-corrected chi connectivity index (χ2v) is 16.4. The van der Waals surface area contributed by atoms with E-state index < -0.39 is 0 Å². The Morgan fingerprint density at radius 3 is 1.60 bits per heavy atom. The van der Waals surface area contributed by atoms with Crippen molar-refractivity contribution in [3.05, 3.63) is 218 Å². The monoisotopic (exact) mass is 800 g/mol. The lowest BCUT2D eigenvalue weighted by atomic mass is 9.92. The highest BCUT2D eigenvalue weighted by Gasteiger charge is 2.24. The van der Waals surface area contributed by atoms with Gasteiger partial charge in [0.2, 0.25) is 0 Å². The Balaban J connectivity index is 1.18. The van der Waals surface area contributed by atoms with Crippen LogP contribution >= 0.6 is 0 Å². The maximum atomic E-state index is 5.42. The molecular formula is C59H36N4. The summed E-state index contributed by atoms with van der Waals surface area (Å²) in [5.41, 5.74) is 8.46. The molecule has 0 aliphatic carbocycles. The third-order valence-electron chi connectivity index (χ3n) is 12.8. The standard InChI is InChI=1S/C59H36N4/c1-2-18-40(19-3-1)57-60-58(49-28-14-23-38-16-8-10-24-45(38)49)62-59(61-57)51-36-50(44-30-29-37-15-4-5-20-41(37)33-44)56(48-27-13-12-26-47(48)51)63-53-32-31-39-17-9-11-25-46(39)55(53)52-34-42-21-6-7-22-43(42)35-54(52)63/h1-36H. The number of nitrogens with zero attached hydrogens (tertiary/aromatic N) is 4. The number of benzene rings is 11. The highest BCUT2D eigenvalue weighted by atomic mass is 15.0. The maximum absolute atomic E-state index is 5.42. The van der Waals surface area contributed by atoms with E-state index in [0.717, 1.165) is 66.1 Å². The number of rotatable bonds is 5. The lowest BCUT2D eigenvalue weighted by Crippen LogP contribution is -2.04. The lowest BCUT2D eigenvalue weighted by molar-refractivity contribution is 1.08. The van der Waals surface area contributed by atoms with Crippen LogP contribution in [0.3, 0.4) is 0 Å². The van der Waals surface area contributed by atoms with Gasteiger partial charge < -0.3 is 4.57 Å². The van der Waals surface area contributed by atoms with E-state index in [0.29, 0.717) is 17.5 Å². The normalized spacial score (nSPS) is 11.8. The number of hydrogen-bond donors (Lipinski definition) is 0. The average Bonchev–Trinajstić information content (AvgIpc) is 3.67. The van der Waals surface area contributed by atoms with Crippen molar-refractivity contribution in [2.75, 3.05) is 0 Å². The molecule has 2 aromatic heterocycles. The van der Waals surface area contributed by atoms with Crippen molar-refractivity contribution in [2.24, 2.45) is 0 Å². The van der Waals surface area contributed by atoms with E-state index in [1.807, 2.05) is 18.2 Å². The molecule has 4 heteroatoms. The molecule has 0 radical (unpaired) electrons. The summed E-state index contributed by atoms with van der Waals surface area (Å²) < 4.78 is 2.52. The van der Waals surface area contributed by atoms with Crippen molar-refractivity contribution in [1.29, 1.82) is 0 Å². The third kappa shape index (κ3) is 5.66. The van der Waals surface area contributed by atoms with E-state index in [1.54, 1.807) is 0 Å². The van der Waals surface area contributed by atoms with Crippen molar-refractivity contribution in [1.82, 2.24) is 19.5 Å². The zero-order valence-corrected chi connectivity index (χ0v) is 34.1. The zero-order valence-electron chi connectivity index (χ0n) is 34.1. The van der Waals surface area contributed by atoms with Gasteiger partial charge in [-0.2, -0.15) is 0 Å². The highest BCUT2D eigenvalue weighted by Crippen LogP contribution is 2.46. The molecule has 0 aliphatic heterocycles. The van der Waals surface area contributed by atoms with Crippen LogP contribution in [-0.4, -0.2) is 19.5 Å². The zero-order chi connectivity index (χ0) is 41.4. The molecule has 13 aromatic rings. The topological polar surface area (TPSA) is 43.6 Å². The molecule has 0 bridgehead atoms. The molecule has 0 N–H and O–H groups in total. The molecule has 0 atom stereocenters. The van der Waals surface area contributed by atoms with Crippen LogP contribution in [0.15, 0.2) is 218 Å². The Bertz CT molecular complexity index is 3970. The Kier molecular flexibility index (Phi) is 7.87. The van der Waals surface area contributed by atoms with Gasteiger partial charge in [-0.3, -0.25) is 0 Å². The van der Waals surface area contributed by atoms with Crippen LogP contribution < -0.4 is 0 Å². The molecule has 63 heavy (non-hydrogen) atoms. The van der Waals surface area contributed by atoms with E-state index in [4.69, 9.17) is 15.0 Å². The first kappa shape index (κ1) is 35.3. The fourth-order valence-electron chi connectivity index (χ4n) is 9.83. The SMILES string of the molecule is c1ccc(-c2nc(-c3cccc4ccccc34)nc(-c3cc(-c4ccc5ccccc5c4)c(-n4c5cc6ccccc6cc5c5c6ccccc6ccc54)c4ccccc34)n2)cc1. The molecule has 0 saturated carbocycles. The van der Waals surface area contributed by atoms with Gasteiger partial charge in [-0.05, 0) is 84.4 Å². The lowest BCUT2D eigenvalue weighted by Gasteiger charge is -2.20. The summed E-state index contributed by atoms with van der Waals surface area (Å²) in [6, 6.07) is 78.4. The van der Waals surface area contributed by atoms with Crippen LogP contribution in [0.25, 0.3) is 127 Å². The van der Waals surface area contributed by atoms with E-state index >= 15 is 0 Å². The van der Waals surface area contributed by atoms with Gasteiger partial charge in [0.1, 0.15) is 0 Å². The van der Waals surface area contributed by atoms with E-state index in [2.05, 4.69) is 205 Å². The summed E-state index contributed by atoms with van der Waals surface area (Å²) in [6.45, 7) is 0. The van der Waals surface area contributed by atoms with Crippen molar-refractivity contribution in [3.63, 3.8) is 0 Å². The number of fused-ring (bicyclic) bond motifs is 9. The van der Waals surface area contributed by atoms with Crippen molar-refractivity contribution in [2.45, 2.75) is 0 Å². The molecule has 0 amide bonds. The molecule has 0 fully saturated rings. The molecule has 0 unspecified atom stereocenters. The molecule has 0 spiro atoms. The highest BCUT2D eigenvalue weighted by molar-refractivity contribution is 6.24. The first-order valence-corrected chi connectivity index (χ1v) is 21.4. The van der Waals surface area contributed by atoms with Gasteiger partial charge in [-0.25, -0.2) is 15.0 Å². The predicted octanol–water partition coefficient (Wildman–Crippen LogP) is 15.4. The summed E-state index contributed by atoms with van der Waals surface area (Å²) in [6.07, 6.45) is 0. The molecule has 4 nitrogen and oxygen atoms in total. The Morgan fingerprint density at radius 2 is 0.825 bits per heavy atom. The van der Waals surface area contributed by atoms with E-state index in [-0.39, 0.29) is 0 Å². The number of aromatic nitrogens is 4. The minimum Gasteiger partial charge on any atom is -0.308 e. The van der Waals surface area contributed by atoms with Crippen LogP contribution in [0, 0.1) is 0 Å². The summed E-state index contributed by atoms with van der Waals surface area (Å²) in [4.78, 5) is 16.0. The summed E-state index contributed by atoms with van der Waals surface area (Å²) in [5.74, 6) is 1.89. The minimum atomic E-state index is 0.621. The average molecular weight is 801 g/mol. The molecule has 292 valence electrons. The van der Waals surface area contributed by atoms with Gasteiger partial charge in [-0.15, -0.1) is 0 Å². The Hall–Kier alpha value is -8.47. The minimum absolute atomic E-state index is 0.621. The molecular weight excluding hydrogens is 765 g/mol. The summed E-state index contributed by atoms with van der Waals surface area (Å²) in [5, 5.41) is 14.1. The summed E-state index contributed by atoms with van der Waals surface area (Å²) >= 11 is 0. The van der Waals surface area contributed by atoms with Crippen LogP contribution in [0.4, 0.5) is 0 Å². The summed E-state index contributed by atoms with van der Waals surface area (Å²) in [7, 11) is 0. The van der Waals surface area contributed by atoms with Crippen LogP contribution in [0.1, 0.15) is 0 Å². The predicted molar refractivity (Wildman–Crippen MR) is 263 cm³/mol. The van der Waals surface area contributed by atoms with Crippen LogP contribution in [-0.2, 0) is 0 Å². The van der Waals surface area contributed by atoms with Crippen molar-refractivity contribution < 1.29 is 0 Å². The van der Waals surface area contributed by atoms with Crippen LogP contribution in [0.2, 0.25) is 0 Å². The van der Waals surface area contributed by atoms with E-state index in [1.165, 1.54) is 43.1 Å². The molecule has 11 aromatic carbocycles. The van der Waals surface area contributed by atoms with Gasteiger partial charge in [0.25, 0.3) is 0 Å². The molecule has 0 saturated heterocycles. The smallest absolute Gasteiger partial charge is 0.164 e. The third-order valence-corrected chi connectivity index (χ3v) is 12.8. The molecule has 0 aliphatic rings. The first-order chi connectivity index (χ1) is 31.2. The van der Waals surface area contributed by atoms with Crippen molar-refractivity contribution >= 4 is 75.7 Å². The first-order valence-electron chi connectivity index (χ1n) is 21.4. The van der Waals surface area contributed by atoms with Gasteiger partial charge in [0.05, 0.1) is 16.7 Å². The van der Waals surface area contributed by atoms with Gasteiger partial charge >= 0.3 is 0 Å². The maximum Gasteiger partial charge on any atom is 0.164 e. The second-order valence-electron chi connectivity index (χ2n) is 16.4. The van der Waals surface area contributed by atoms with E-state index in [9.17, 15) is 0 Å². The van der Waals surface area contributed by atoms with Crippen LogP contribution in [0.5, 0.6) is 0 Å². The van der Waals surface area contributed by atoms with Gasteiger partial charge in [0.15, 0.2) is 17.5 Å². The Morgan fingerprint density at radius 1 is 0.270 bits per heavy atom. The fourth-order valence-corrected chi connectivity index (χ4v) is 9.83. The largest absolute Gasteiger partial charge is 0.308 e. The second kappa shape index (κ2) is 14.1. The fraction of sp³-hybridized carbons (Fsp3) is 0. The quantitative estimate of drug-likeness (QED) is 0.174. The van der Waals surface area contributed by atoms with Gasteiger partial charge in [0, 0.05) is 38.4 Å². The van der Waals surface area contributed by atoms with Gasteiger partial charge in [-0.1, -0.05) is 188 Å². The van der Waals surface area contributed by atoms with Crippen molar-refractivity contribution in [3.8, 4) is 51.0 Å². The Labute approximate surface area is 363 Å². The number of hydrogen-bond acceptors (Lipinski definition) is 3.